The first-order chi connectivity index (χ1) is 8.99. The van der Waals surface area contributed by atoms with Gasteiger partial charge in [-0.2, -0.15) is 0 Å². The van der Waals surface area contributed by atoms with Crippen LogP contribution in [-0.4, -0.2) is 5.91 Å². The number of halogens is 4. The zero-order valence-electron chi connectivity index (χ0n) is 9.38. The number of hydrogen-bond acceptors (Lipinski definition) is 1. The van der Waals surface area contributed by atoms with Gasteiger partial charge in [0.05, 0.1) is 15.7 Å². The van der Waals surface area contributed by atoms with Gasteiger partial charge in [0, 0.05) is 6.07 Å². The Bertz CT molecular complexity index is 646. The van der Waals surface area contributed by atoms with E-state index in [-0.39, 0.29) is 15.7 Å². The van der Waals surface area contributed by atoms with Crippen LogP contribution in [0.1, 0.15) is 10.4 Å². The number of carbonyl (C=O) groups excluding carboxylic acids is 1. The molecule has 0 saturated heterocycles. The zero-order chi connectivity index (χ0) is 14.0. The second-order valence-electron chi connectivity index (χ2n) is 3.68. The fourth-order valence-electron chi connectivity index (χ4n) is 1.46. The molecule has 0 bridgehead atoms. The Morgan fingerprint density at radius 2 is 1.79 bits per heavy atom. The number of anilines is 1. The highest BCUT2D eigenvalue weighted by molar-refractivity contribution is 9.10. The van der Waals surface area contributed by atoms with Crippen LogP contribution in [0.2, 0.25) is 0 Å². The lowest BCUT2D eigenvalue weighted by Gasteiger charge is -2.08. The monoisotopic (exact) mass is 329 g/mol. The number of hydrogen-bond donors (Lipinski definition) is 1. The van der Waals surface area contributed by atoms with Crippen molar-refractivity contribution >= 4 is 27.5 Å². The predicted octanol–water partition coefficient (Wildman–Crippen LogP) is 4.12. The number of benzene rings is 2. The fourth-order valence-corrected chi connectivity index (χ4v) is 1.90. The number of amides is 1. The fraction of sp³-hybridized carbons (Fsp3) is 0. The summed E-state index contributed by atoms with van der Waals surface area (Å²) < 4.78 is 39.3. The maximum atomic E-state index is 13.4. The molecule has 0 atom stereocenters. The van der Waals surface area contributed by atoms with Crippen LogP contribution in [0.4, 0.5) is 18.9 Å². The van der Waals surface area contributed by atoms with Gasteiger partial charge in [-0.1, -0.05) is 6.07 Å². The summed E-state index contributed by atoms with van der Waals surface area (Å²) in [6.07, 6.45) is 0. The van der Waals surface area contributed by atoms with Crippen LogP contribution in [0.5, 0.6) is 0 Å². The summed E-state index contributed by atoms with van der Waals surface area (Å²) in [7, 11) is 0. The Hall–Kier alpha value is -1.82. The molecule has 0 fully saturated rings. The third-order valence-electron chi connectivity index (χ3n) is 2.38. The smallest absolute Gasteiger partial charge is 0.256 e. The molecule has 0 aliphatic rings. The van der Waals surface area contributed by atoms with E-state index in [1.54, 1.807) is 0 Å². The normalized spacial score (nSPS) is 10.3. The first-order valence-electron chi connectivity index (χ1n) is 5.19. The molecule has 0 saturated carbocycles. The lowest BCUT2D eigenvalue weighted by atomic mass is 10.2. The second-order valence-corrected chi connectivity index (χ2v) is 4.47. The molecule has 1 N–H and O–H groups in total. The van der Waals surface area contributed by atoms with Gasteiger partial charge in [-0.15, -0.1) is 0 Å². The Labute approximate surface area is 115 Å². The van der Waals surface area contributed by atoms with Gasteiger partial charge in [0.2, 0.25) is 0 Å². The van der Waals surface area contributed by atoms with E-state index in [1.807, 2.05) is 0 Å². The molecule has 2 aromatic rings. The van der Waals surface area contributed by atoms with E-state index in [0.29, 0.717) is 6.07 Å². The highest BCUT2D eigenvalue weighted by atomic mass is 79.9. The van der Waals surface area contributed by atoms with Gasteiger partial charge < -0.3 is 5.32 Å². The molecule has 6 heteroatoms. The van der Waals surface area contributed by atoms with E-state index in [2.05, 4.69) is 21.2 Å². The van der Waals surface area contributed by atoms with Gasteiger partial charge in [-0.05, 0) is 40.2 Å². The summed E-state index contributed by atoms with van der Waals surface area (Å²) in [6.45, 7) is 0. The second kappa shape index (κ2) is 5.44. The molecule has 19 heavy (non-hydrogen) atoms. The van der Waals surface area contributed by atoms with Crippen molar-refractivity contribution in [3.8, 4) is 0 Å². The van der Waals surface area contributed by atoms with Crippen LogP contribution in [-0.2, 0) is 0 Å². The van der Waals surface area contributed by atoms with Crippen LogP contribution >= 0.6 is 15.9 Å². The highest BCUT2D eigenvalue weighted by Gasteiger charge is 2.14. The van der Waals surface area contributed by atoms with Gasteiger partial charge >= 0.3 is 0 Å². The average molecular weight is 330 g/mol. The Morgan fingerprint density at radius 3 is 2.47 bits per heavy atom. The van der Waals surface area contributed by atoms with E-state index in [4.69, 9.17) is 0 Å². The third-order valence-corrected chi connectivity index (χ3v) is 3.18. The molecule has 0 radical (unpaired) electrons. The molecule has 0 aliphatic heterocycles. The molecule has 0 unspecified atom stereocenters. The van der Waals surface area contributed by atoms with Gasteiger partial charge in [0.15, 0.2) is 0 Å². The van der Waals surface area contributed by atoms with Gasteiger partial charge in [0.25, 0.3) is 5.91 Å². The van der Waals surface area contributed by atoms with Crippen molar-refractivity contribution in [3.63, 3.8) is 0 Å². The molecule has 1 amide bonds. The van der Waals surface area contributed by atoms with Gasteiger partial charge in [-0.25, -0.2) is 13.2 Å². The average Bonchev–Trinajstić information content (AvgIpc) is 2.36. The number of rotatable bonds is 2. The maximum absolute atomic E-state index is 13.4. The molecule has 98 valence electrons. The standard InChI is InChI=1S/C13H7BrF3NO/c14-12-8(2-1-3-9(12)16)13(19)18-11-5-4-7(15)6-10(11)17/h1-6H,(H,18,19). The number of nitrogens with one attached hydrogen (secondary N) is 1. The molecule has 0 heterocycles. The summed E-state index contributed by atoms with van der Waals surface area (Å²) in [5.41, 5.74) is -0.161. The summed E-state index contributed by atoms with van der Waals surface area (Å²) in [5.74, 6) is -2.95. The van der Waals surface area contributed by atoms with Crippen molar-refractivity contribution in [2.45, 2.75) is 0 Å². The van der Waals surface area contributed by atoms with E-state index in [0.717, 1.165) is 12.1 Å². The molecule has 0 aliphatic carbocycles. The predicted molar refractivity (Wildman–Crippen MR) is 68.4 cm³/mol. The topological polar surface area (TPSA) is 29.1 Å². The Kier molecular flexibility index (Phi) is 3.90. The Morgan fingerprint density at radius 1 is 1.05 bits per heavy atom. The van der Waals surface area contributed by atoms with Crippen molar-refractivity contribution in [2.75, 3.05) is 5.32 Å². The summed E-state index contributed by atoms with van der Waals surface area (Å²) >= 11 is 2.93. The maximum Gasteiger partial charge on any atom is 0.256 e. The van der Waals surface area contributed by atoms with Gasteiger partial charge in [0.1, 0.15) is 17.5 Å². The summed E-state index contributed by atoms with van der Waals surface area (Å²) in [6, 6.07) is 6.67. The molecular formula is C13H7BrF3NO. The molecular weight excluding hydrogens is 323 g/mol. The van der Waals surface area contributed by atoms with E-state index in [1.165, 1.54) is 18.2 Å². The minimum Gasteiger partial charge on any atom is -0.319 e. The van der Waals surface area contributed by atoms with Crippen LogP contribution in [0.15, 0.2) is 40.9 Å². The minimum atomic E-state index is -0.902. The quantitative estimate of drug-likeness (QED) is 0.882. The third kappa shape index (κ3) is 2.96. The van der Waals surface area contributed by atoms with Crippen LogP contribution in [0.25, 0.3) is 0 Å². The van der Waals surface area contributed by atoms with Crippen molar-refractivity contribution < 1.29 is 18.0 Å². The summed E-state index contributed by atoms with van der Waals surface area (Å²) in [5, 5.41) is 2.24. The molecule has 0 aromatic heterocycles. The lowest BCUT2D eigenvalue weighted by Crippen LogP contribution is -2.14. The van der Waals surface area contributed by atoms with Crippen molar-refractivity contribution in [1.29, 1.82) is 0 Å². The molecule has 0 spiro atoms. The van der Waals surface area contributed by atoms with E-state index < -0.39 is 23.4 Å². The van der Waals surface area contributed by atoms with Crippen molar-refractivity contribution in [3.05, 3.63) is 63.9 Å². The van der Waals surface area contributed by atoms with E-state index >= 15 is 0 Å². The Balaban J connectivity index is 2.28. The van der Waals surface area contributed by atoms with Crippen molar-refractivity contribution in [1.82, 2.24) is 0 Å². The zero-order valence-corrected chi connectivity index (χ0v) is 11.0. The van der Waals surface area contributed by atoms with Crippen LogP contribution < -0.4 is 5.32 Å². The van der Waals surface area contributed by atoms with E-state index in [9.17, 15) is 18.0 Å². The number of carbonyl (C=O) groups is 1. The minimum absolute atomic E-state index is 0.0173. The van der Waals surface area contributed by atoms with Crippen LogP contribution in [0.3, 0.4) is 0 Å². The summed E-state index contributed by atoms with van der Waals surface area (Å²) in [4.78, 5) is 11.9. The first-order valence-corrected chi connectivity index (χ1v) is 5.99. The van der Waals surface area contributed by atoms with Gasteiger partial charge in [-0.3, -0.25) is 4.79 Å². The highest BCUT2D eigenvalue weighted by Crippen LogP contribution is 2.22. The van der Waals surface area contributed by atoms with Crippen molar-refractivity contribution in [2.24, 2.45) is 0 Å². The molecule has 2 aromatic carbocycles. The SMILES string of the molecule is O=C(Nc1ccc(F)cc1F)c1cccc(F)c1Br. The lowest BCUT2D eigenvalue weighted by molar-refractivity contribution is 0.102. The largest absolute Gasteiger partial charge is 0.319 e. The molecule has 2 rings (SSSR count). The first kappa shape index (κ1) is 13.6. The molecule has 2 nitrogen and oxygen atoms in total. The van der Waals surface area contributed by atoms with Crippen LogP contribution in [0, 0.1) is 17.5 Å².